The SMILES string of the molecule is CCCCCCCCCCC(=O)NC1(C)C[C@H](O[C@@H]2C(O)C(O)[C@@H](CO)O[C@H]2Oc2c3cc4cc2Oc2ccc(cc2Cl)[C@@H](O)[C@@H](NC(=O)[C@H](CC)CC(C)C)C(=O)C[C@@H](CC(N)=O)C(=O)N[C@H]4C(=O)C[C@H]2C(=O)N[C@H](C(=O)N[C@H](OC=O)c4cc(O)c(CNCCCCC(=O)[C@H](O)[C@@H](O)[C@H](O)[C@H](O)CO)c(O)c4-c4cc2ccc4O)[C@H](O)c2ccc(c(Cl)c2)O3)C[C@@H](C)[C@H]1O. The third-order valence-electron chi connectivity index (χ3n) is 24.8. The molecule has 5 aromatic rings. The van der Waals surface area contributed by atoms with E-state index in [9.17, 15) is 95.5 Å². The number of nitrogens with two attached hydrogens (primary N) is 1. The minimum Gasteiger partial charge on any atom is -0.507 e. The molecule has 3 unspecified atom stereocenters. The molecule has 6 amide bonds. The van der Waals surface area contributed by atoms with Crippen molar-refractivity contribution in [3.63, 3.8) is 0 Å². The van der Waals surface area contributed by atoms with E-state index in [1.54, 1.807) is 20.8 Å². The Kier molecular flexibility index (Phi) is 36.9. The van der Waals surface area contributed by atoms with Crippen LogP contribution in [0.25, 0.3) is 11.1 Å². The first-order valence-electron chi connectivity index (χ1n) is 44.3. The smallest absolute Gasteiger partial charge is 0.295 e. The number of Topliss-reactive ketones (excluding diaryl/α,β-unsaturated/α-hetero) is 3. The second-order valence-corrected chi connectivity index (χ2v) is 36.0. The lowest BCUT2D eigenvalue weighted by molar-refractivity contribution is -0.299. The van der Waals surface area contributed by atoms with Gasteiger partial charge in [-0.2, -0.15) is 0 Å². The fourth-order valence-corrected chi connectivity index (χ4v) is 18.0. The number of fused-ring (bicyclic) bond motifs is 15. The summed E-state index contributed by atoms with van der Waals surface area (Å²) < 4.78 is 39.1. The van der Waals surface area contributed by atoms with E-state index >= 15 is 24.0 Å². The summed E-state index contributed by atoms with van der Waals surface area (Å²) in [7, 11) is 0. The van der Waals surface area contributed by atoms with Gasteiger partial charge in [-0.25, -0.2) is 0 Å². The van der Waals surface area contributed by atoms with E-state index in [4.69, 9.17) is 57.4 Å². The highest BCUT2D eigenvalue weighted by molar-refractivity contribution is 6.32. The largest absolute Gasteiger partial charge is 0.507 e. The topological polar surface area (TPSA) is 608 Å². The number of phenols is 3. The summed E-state index contributed by atoms with van der Waals surface area (Å²) in [5, 5.41) is 174. The van der Waals surface area contributed by atoms with E-state index in [-0.39, 0.29) is 109 Å². The van der Waals surface area contributed by atoms with Crippen molar-refractivity contribution >= 4 is 82.5 Å². The van der Waals surface area contributed by atoms with Crippen LogP contribution in [0.3, 0.4) is 0 Å². The molecule has 0 spiro atoms. The molecule has 22 N–H and O–H groups in total. The Labute approximate surface area is 766 Å². The Balaban J connectivity index is 1.15. The first-order valence-corrected chi connectivity index (χ1v) is 45.0. The van der Waals surface area contributed by atoms with Crippen LogP contribution in [0.15, 0.2) is 72.8 Å². The number of aliphatic hydroxyl groups excluding tert-OH is 11. The van der Waals surface area contributed by atoms with E-state index in [2.05, 4.69) is 38.8 Å². The third-order valence-corrected chi connectivity index (χ3v) is 25.4. The molecule has 131 heavy (non-hydrogen) atoms. The molecule has 1 saturated heterocycles. The molecule has 1 saturated carbocycles. The fraction of sp³-hybridized carbons (Fsp3) is 0.565. The monoisotopic (exact) mass is 1870 g/mol. The van der Waals surface area contributed by atoms with E-state index in [1.165, 1.54) is 24.3 Å². The highest BCUT2D eigenvalue weighted by Gasteiger charge is 2.53. The van der Waals surface area contributed by atoms with Crippen LogP contribution in [-0.2, 0) is 68.7 Å². The van der Waals surface area contributed by atoms with Crippen molar-refractivity contribution in [2.24, 2.45) is 29.4 Å². The van der Waals surface area contributed by atoms with Crippen LogP contribution in [0.4, 0.5) is 0 Å². The number of halogens is 2. The molecule has 7 aliphatic rings. The van der Waals surface area contributed by atoms with Gasteiger partial charge in [-0.15, -0.1) is 0 Å². The molecule has 12 rings (SSSR count). The average Bonchev–Trinajstić information content (AvgIpc) is 0.760. The summed E-state index contributed by atoms with van der Waals surface area (Å²) in [4.78, 5) is 146. The molecule has 39 heteroatoms. The number of unbranched alkanes of at least 4 members (excludes halogenated alkanes) is 8. The highest BCUT2D eigenvalue weighted by atomic mass is 35.5. The molecule has 1 aliphatic carbocycles. The standard InChI is InChI=1S/C92H121Cl2N7O30/c1-7-9-10-11-12-13-14-15-19-70(112)101-92(6)38-51(28-44(5)85(92)121)127-84-82(120)80(118)68(41-103)130-91(84)131-83-66-33-49-34-67(83)129-65-25-22-48(31-57(65)94)76(114)74-89(125)100-90(126-42-104)54-37-60(107)55(39-96-26-17-16-18-59(106)78(116)81(119)79(117)63(110)40-102)77(115)71(54)53-29-46(20-23-58(53)105)52(88(124)99-74)36-62(109)72(49)97-87(123)50(35-69(95)111)32-61(108)73(98-86(122)45(8-2)27-43(3)4)75(113)47-21-24-64(128-66)56(93)30-47/h20-25,29-31,33-34,37,42-45,50-52,63,68,72-76,78-82,84-85,90-91,96,102-103,105,107,110,113-121H,7-19,26-28,32,35-36,38-41H2,1-6H3,(H2,95,111)(H,97,123)(H,98,122)(H,99,124)(H,100,125)(H,101,112)/t44-,45-,50+,51-,52-,63-,68-,72-,73+,74+,75-,76-,78+,79-,80?,81-,82?,84-,85-,90-,91+,92?/m1/s1. The van der Waals surface area contributed by atoms with Crippen LogP contribution in [0, 0.1) is 23.7 Å². The van der Waals surface area contributed by atoms with Crippen LogP contribution in [0.5, 0.6) is 46.0 Å². The molecule has 2 fully saturated rings. The minimum absolute atomic E-state index is 0.00851. The van der Waals surface area contributed by atoms with Gasteiger partial charge in [-0.05, 0) is 147 Å². The number of nitrogens with one attached hydrogen (secondary N) is 6. The van der Waals surface area contributed by atoms with Crippen molar-refractivity contribution < 1.29 is 148 Å². The van der Waals surface area contributed by atoms with E-state index < -0.39 is 281 Å². The molecule has 0 aromatic heterocycles. The highest BCUT2D eigenvalue weighted by Crippen LogP contribution is 2.52. The van der Waals surface area contributed by atoms with Gasteiger partial charge in [0.25, 0.3) is 6.47 Å². The zero-order valence-electron chi connectivity index (χ0n) is 73.6. The summed E-state index contributed by atoms with van der Waals surface area (Å²) >= 11 is 14.5. The number of aliphatic hydroxyl groups is 11. The van der Waals surface area contributed by atoms with Crippen LogP contribution in [0.1, 0.15) is 227 Å². The third kappa shape index (κ3) is 25.4. The first-order chi connectivity index (χ1) is 62.2. The number of aromatic hydroxyl groups is 3. The van der Waals surface area contributed by atoms with Gasteiger partial charge in [0.2, 0.25) is 53.7 Å². The lowest BCUT2D eigenvalue weighted by atomic mass is 9.73. The summed E-state index contributed by atoms with van der Waals surface area (Å²) in [6.07, 6.45) is -21.2. The second-order valence-electron chi connectivity index (χ2n) is 35.2. The van der Waals surface area contributed by atoms with Gasteiger partial charge in [0.05, 0.1) is 58.4 Å². The Morgan fingerprint density at radius 2 is 1.34 bits per heavy atom. The fourth-order valence-electron chi connectivity index (χ4n) is 17.5. The number of hydrogen-bond donors (Lipinski definition) is 21. The van der Waals surface area contributed by atoms with Gasteiger partial charge in [0, 0.05) is 61.3 Å². The van der Waals surface area contributed by atoms with E-state index in [0.717, 1.165) is 93.5 Å². The number of carbonyl (C=O) groups excluding carboxylic acids is 10. The van der Waals surface area contributed by atoms with E-state index in [1.807, 2.05) is 13.8 Å². The van der Waals surface area contributed by atoms with Crippen LogP contribution in [-0.4, -0.2) is 235 Å². The van der Waals surface area contributed by atoms with Gasteiger partial charge < -0.3 is 138 Å². The maximum atomic E-state index is 16.6. The number of carbonyl (C=O) groups is 10. The van der Waals surface area contributed by atoms with Crippen molar-refractivity contribution in [2.45, 2.75) is 285 Å². The minimum atomic E-state index is -2.27. The lowest BCUT2D eigenvalue weighted by Crippen LogP contribution is -2.64. The molecular formula is C92H121Cl2N7O30. The second kappa shape index (κ2) is 46.7. The zero-order chi connectivity index (χ0) is 95.7. The van der Waals surface area contributed by atoms with Gasteiger partial charge in [0.1, 0.15) is 108 Å². The van der Waals surface area contributed by atoms with Crippen LogP contribution < -0.4 is 51.8 Å². The predicted molar refractivity (Wildman–Crippen MR) is 468 cm³/mol. The van der Waals surface area contributed by atoms with E-state index in [0.29, 0.717) is 12.8 Å². The summed E-state index contributed by atoms with van der Waals surface area (Å²) in [6.45, 7) is 8.40. The molecule has 0 radical (unpaired) electrons. The Bertz CT molecular complexity index is 4890. The normalized spacial score (nSPS) is 26.5. The van der Waals surface area contributed by atoms with Crippen molar-refractivity contribution in [3.8, 4) is 57.1 Å². The molecule has 11 bridgehead atoms. The number of benzene rings is 5. The van der Waals surface area contributed by atoms with Crippen molar-refractivity contribution in [1.82, 2.24) is 31.9 Å². The van der Waals surface area contributed by atoms with Gasteiger partial charge >= 0.3 is 0 Å². The molecule has 22 atom stereocenters. The summed E-state index contributed by atoms with van der Waals surface area (Å²) in [6, 6.07) is 7.07. The molecule has 718 valence electrons. The zero-order valence-corrected chi connectivity index (χ0v) is 75.1. The quantitative estimate of drug-likeness (QED) is 0.0181. The molecule has 6 aliphatic heterocycles. The number of rotatable bonds is 36. The molecule has 6 heterocycles. The average molecular weight is 1880 g/mol. The Morgan fingerprint density at radius 1 is 0.702 bits per heavy atom. The number of hydrogen-bond acceptors (Lipinski definition) is 31. The number of phenolic OH excluding ortho intramolecular Hbond substituents is 3. The van der Waals surface area contributed by atoms with Crippen LogP contribution >= 0.6 is 23.2 Å². The molecular weight excluding hydrogens is 1750 g/mol. The Morgan fingerprint density at radius 3 is 1.95 bits per heavy atom. The number of ether oxygens (including phenoxy) is 6. The van der Waals surface area contributed by atoms with Gasteiger partial charge in [-0.3, -0.25) is 47.9 Å². The first kappa shape index (κ1) is 103. The number of ketones is 3. The molecule has 37 nitrogen and oxygen atoms in total. The Hall–Kier alpha value is -9.78. The van der Waals surface area contributed by atoms with Crippen molar-refractivity contribution in [3.05, 3.63) is 116 Å². The lowest BCUT2D eigenvalue weighted by Gasteiger charge is -2.48. The number of primary amides is 1. The van der Waals surface area contributed by atoms with Crippen molar-refractivity contribution in [1.29, 1.82) is 0 Å². The van der Waals surface area contributed by atoms with Crippen LogP contribution in [0.2, 0.25) is 10.0 Å². The van der Waals surface area contributed by atoms with Gasteiger partial charge in [-0.1, -0.05) is 121 Å². The maximum Gasteiger partial charge on any atom is 0.295 e. The van der Waals surface area contributed by atoms with Gasteiger partial charge in [0.15, 0.2) is 28.8 Å². The summed E-state index contributed by atoms with van der Waals surface area (Å²) in [5.74, 6) is -19.6. The number of amides is 6. The predicted octanol–water partition coefficient (Wildman–Crippen LogP) is 5.18. The molecule has 5 aromatic carbocycles. The van der Waals surface area contributed by atoms with Crippen molar-refractivity contribution in [2.75, 3.05) is 19.8 Å². The maximum absolute atomic E-state index is 16.6. The summed E-state index contributed by atoms with van der Waals surface area (Å²) in [5.41, 5.74) is 1.68.